The summed E-state index contributed by atoms with van der Waals surface area (Å²) in [6.07, 6.45) is 2.52. The fourth-order valence-corrected chi connectivity index (χ4v) is 2.10. The molecule has 2 rings (SSSR count). The number of nitrogens with zero attached hydrogens (tertiary/aromatic N) is 1. The standard InChI is InChI=1S/C19H18N2O2/c1-3-14-8-10-15(11-9-14)12-16(13-20)19(22)21-17-6-4-5-7-18(17)23-2/h4-12H,3H2,1-2H3,(H,21,22)/b16-12+. The van der Waals surface area contributed by atoms with Crippen LogP contribution in [0.1, 0.15) is 18.1 Å². The molecule has 4 nitrogen and oxygen atoms in total. The van der Waals surface area contributed by atoms with Gasteiger partial charge in [0.15, 0.2) is 0 Å². The van der Waals surface area contributed by atoms with Crippen LogP contribution in [0, 0.1) is 11.3 Å². The average Bonchev–Trinajstić information content (AvgIpc) is 2.60. The Balaban J connectivity index is 2.21. The third-order valence-electron chi connectivity index (χ3n) is 3.42. The number of hydrogen-bond donors (Lipinski definition) is 1. The largest absolute Gasteiger partial charge is 0.495 e. The number of nitriles is 1. The minimum Gasteiger partial charge on any atom is -0.495 e. The fourth-order valence-electron chi connectivity index (χ4n) is 2.10. The fraction of sp³-hybridized carbons (Fsp3) is 0.158. The smallest absolute Gasteiger partial charge is 0.266 e. The van der Waals surface area contributed by atoms with Gasteiger partial charge in [-0.15, -0.1) is 0 Å². The van der Waals surface area contributed by atoms with Gasteiger partial charge in [0.2, 0.25) is 0 Å². The van der Waals surface area contributed by atoms with Gasteiger partial charge in [-0.3, -0.25) is 4.79 Å². The van der Waals surface area contributed by atoms with E-state index in [1.807, 2.05) is 36.4 Å². The second kappa shape index (κ2) is 7.81. The van der Waals surface area contributed by atoms with E-state index >= 15 is 0 Å². The first kappa shape index (κ1) is 16.3. The molecule has 0 heterocycles. The molecule has 0 aliphatic carbocycles. The highest BCUT2D eigenvalue weighted by atomic mass is 16.5. The van der Waals surface area contributed by atoms with Gasteiger partial charge >= 0.3 is 0 Å². The minimum atomic E-state index is -0.462. The van der Waals surface area contributed by atoms with E-state index in [9.17, 15) is 10.1 Å². The SMILES string of the molecule is CCc1ccc(/C=C(\C#N)C(=O)Nc2ccccc2OC)cc1. The molecule has 0 bridgehead atoms. The number of aryl methyl sites for hydroxylation is 1. The Hall–Kier alpha value is -3.06. The Morgan fingerprint density at radius 2 is 1.91 bits per heavy atom. The van der Waals surface area contributed by atoms with E-state index < -0.39 is 5.91 Å². The Bertz CT molecular complexity index is 756. The number of carbonyl (C=O) groups is 1. The number of nitrogens with one attached hydrogen (secondary N) is 1. The third kappa shape index (κ3) is 4.21. The summed E-state index contributed by atoms with van der Waals surface area (Å²) >= 11 is 0. The summed E-state index contributed by atoms with van der Waals surface area (Å²) < 4.78 is 5.19. The lowest BCUT2D eigenvalue weighted by atomic mass is 10.1. The predicted molar refractivity (Wildman–Crippen MR) is 91.0 cm³/mol. The van der Waals surface area contributed by atoms with Crippen molar-refractivity contribution < 1.29 is 9.53 Å². The first-order chi connectivity index (χ1) is 11.2. The zero-order valence-electron chi connectivity index (χ0n) is 13.2. The zero-order chi connectivity index (χ0) is 16.7. The first-order valence-corrected chi connectivity index (χ1v) is 7.33. The summed E-state index contributed by atoms with van der Waals surface area (Å²) in [4.78, 5) is 12.3. The van der Waals surface area contributed by atoms with Crippen molar-refractivity contribution in [3.8, 4) is 11.8 Å². The third-order valence-corrected chi connectivity index (χ3v) is 3.42. The maximum absolute atomic E-state index is 12.3. The molecule has 0 spiro atoms. The average molecular weight is 306 g/mol. The van der Waals surface area contributed by atoms with E-state index in [0.717, 1.165) is 12.0 Å². The van der Waals surface area contributed by atoms with E-state index in [2.05, 4.69) is 12.2 Å². The predicted octanol–water partition coefficient (Wildman–Crippen LogP) is 3.80. The summed E-state index contributed by atoms with van der Waals surface area (Å²) in [7, 11) is 1.53. The second-order valence-corrected chi connectivity index (χ2v) is 4.92. The van der Waals surface area contributed by atoms with Crippen LogP contribution in [0.5, 0.6) is 5.75 Å². The second-order valence-electron chi connectivity index (χ2n) is 4.92. The molecular formula is C19H18N2O2. The van der Waals surface area contributed by atoms with Crippen molar-refractivity contribution >= 4 is 17.7 Å². The number of ether oxygens (including phenoxy) is 1. The van der Waals surface area contributed by atoms with Gasteiger partial charge in [0.25, 0.3) is 5.91 Å². The molecule has 0 unspecified atom stereocenters. The van der Waals surface area contributed by atoms with Crippen LogP contribution < -0.4 is 10.1 Å². The van der Waals surface area contributed by atoms with Crippen LogP contribution in [0.15, 0.2) is 54.1 Å². The van der Waals surface area contributed by atoms with Gasteiger partial charge in [-0.2, -0.15) is 5.26 Å². The highest BCUT2D eigenvalue weighted by Crippen LogP contribution is 2.23. The molecule has 4 heteroatoms. The van der Waals surface area contributed by atoms with Gasteiger partial charge < -0.3 is 10.1 Å². The number of amides is 1. The molecular weight excluding hydrogens is 288 g/mol. The molecule has 0 saturated carbocycles. The Kier molecular flexibility index (Phi) is 5.54. The van der Waals surface area contributed by atoms with Crippen molar-refractivity contribution in [2.75, 3.05) is 12.4 Å². The molecule has 1 N–H and O–H groups in total. The molecule has 2 aromatic rings. The van der Waals surface area contributed by atoms with Crippen LogP contribution in [0.4, 0.5) is 5.69 Å². The van der Waals surface area contributed by atoms with Gasteiger partial charge in [-0.05, 0) is 35.8 Å². The maximum Gasteiger partial charge on any atom is 0.266 e. The van der Waals surface area contributed by atoms with E-state index in [1.54, 1.807) is 24.3 Å². The number of hydrogen-bond acceptors (Lipinski definition) is 3. The van der Waals surface area contributed by atoms with E-state index in [0.29, 0.717) is 11.4 Å². The quantitative estimate of drug-likeness (QED) is 0.675. The van der Waals surface area contributed by atoms with Gasteiger partial charge in [0.1, 0.15) is 17.4 Å². The lowest BCUT2D eigenvalue weighted by Crippen LogP contribution is -2.14. The molecule has 0 aliphatic rings. The highest BCUT2D eigenvalue weighted by molar-refractivity contribution is 6.10. The molecule has 1 amide bonds. The molecule has 0 saturated heterocycles. The lowest BCUT2D eigenvalue weighted by molar-refractivity contribution is -0.112. The zero-order valence-corrected chi connectivity index (χ0v) is 13.2. The van der Waals surface area contributed by atoms with Crippen LogP contribution in [0.2, 0.25) is 0 Å². The van der Waals surface area contributed by atoms with Crippen LogP contribution in [0.3, 0.4) is 0 Å². The Morgan fingerprint density at radius 1 is 1.22 bits per heavy atom. The van der Waals surface area contributed by atoms with E-state index in [4.69, 9.17) is 4.74 Å². The van der Waals surface area contributed by atoms with Crippen LogP contribution >= 0.6 is 0 Å². The van der Waals surface area contributed by atoms with Gasteiger partial charge in [0.05, 0.1) is 12.8 Å². The van der Waals surface area contributed by atoms with Gasteiger partial charge in [-0.25, -0.2) is 0 Å². The molecule has 0 radical (unpaired) electrons. The molecule has 0 aromatic heterocycles. The molecule has 0 fully saturated rings. The van der Waals surface area contributed by atoms with Gasteiger partial charge in [-0.1, -0.05) is 43.3 Å². The monoisotopic (exact) mass is 306 g/mol. The summed E-state index contributed by atoms with van der Waals surface area (Å²) in [6.45, 7) is 2.08. The van der Waals surface area contributed by atoms with E-state index in [1.165, 1.54) is 12.7 Å². The number of benzene rings is 2. The number of rotatable bonds is 5. The van der Waals surface area contributed by atoms with Crippen molar-refractivity contribution in [1.29, 1.82) is 5.26 Å². The summed E-state index contributed by atoms with van der Waals surface area (Å²) in [5.41, 5.74) is 2.59. The summed E-state index contributed by atoms with van der Waals surface area (Å²) in [6, 6.07) is 16.8. The minimum absolute atomic E-state index is 0.0418. The van der Waals surface area contributed by atoms with Crippen LogP contribution in [-0.2, 0) is 11.2 Å². The normalized spacial score (nSPS) is 10.7. The molecule has 2 aromatic carbocycles. The van der Waals surface area contributed by atoms with Crippen LogP contribution in [-0.4, -0.2) is 13.0 Å². The molecule has 116 valence electrons. The topological polar surface area (TPSA) is 62.1 Å². The van der Waals surface area contributed by atoms with Crippen molar-refractivity contribution in [3.05, 3.63) is 65.2 Å². The van der Waals surface area contributed by atoms with Crippen molar-refractivity contribution in [1.82, 2.24) is 0 Å². The molecule has 0 atom stereocenters. The van der Waals surface area contributed by atoms with Crippen molar-refractivity contribution in [3.63, 3.8) is 0 Å². The number of para-hydroxylation sites is 2. The summed E-state index contributed by atoms with van der Waals surface area (Å²) in [5, 5.41) is 12.0. The van der Waals surface area contributed by atoms with E-state index in [-0.39, 0.29) is 5.57 Å². The van der Waals surface area contributed by atoms with Gasteiger partial charge in [0, 0.05) is 0 Å². The number of anilines is 1. The molecule has 23 heavy (non-hydrogen) atoms. The number of carbonyl (C=O) groups excluding carboxylic acids is 1. The van der Waals surface area contributed by atoms with Crippen molar-refractivity contribution in [2.45, 2.75) is 13.3 Å². The maximum atomic E-state index is 12.3. The lowest BCUT2D eigenvalue weighted by Gasteiger charge is -2.09. The first-order valence-electron chi connectivity index (χ1n) is 7.33. The van der Waals surface area contributed by atoms with Crippen LogP contribution in [0.25, 0.3) is 6.08 Å². The molecule has 0 aliphatic heterocycles. The Morgan fingerprint density at radius 3 is 2.52 bits per heavy atom. The highest BCUT2D eigenvalue weighted by Gasteiger charge is 2.12. The number of methoxy groups -OCH3 is 1. The summed E-state index contributed by atoms with van der Waals surface area (Å²) in [5.74, 6) is 0.0852. The van der Waals surface area contributed by atoms with Crippen molar-refractivity contribution in [2.24, 2.45) is 0 Å². The Labute approximate surface area is 136 Å².